The number of hydrogen-bond donors (Lipinski definition) is 1. The van der Waals surface area contributed by atoms with Crippen LogP contribution in [0.4, 0.5) is 11.4 Å². The van der Waals surface area contributed by atoms with Crippen molar-refractivity contribution in [2.45, 2.75) is 26.9 Å². The number of aliphatic hydroxyl groups excluding tert-OH is 1. The van der Waals surface area contributed by atoms with E-state index in [4.69, 9.17) is 4.74 Å². The van der Waals surface area contributed by atoms with Gasteiger partial charge in [0.1, 0.15) is 5.75 Å². The first-order valence-electron chi connectivity index (χ1n) is 7.11. The molecule has 2 rings (SSSR count). The summed E-state index contributed by atoms with van der Waals surface area (Å²) in [6, 6.07) is 12.2. The molecule has 0 aliphatic heterocycles. The molecule has 0 aliphatic carbocycles. The Labute approximate surface area is 126 Å². The van der Waals surface area contributed by atoms with E-state index in [-0.39, 0.29) is 0 Å². The number of nitrogens with zero attached hydrogens (tertiary/aromatic N) is 1. The molecule has 1 atom stereocenters. The molecule has 3 heteroatoms. The smallest absolute Gasteiger partial charge is 0.126 e. The minimum Gasteiger partial charge on any atom is -0.496 e. The molecule has 0 bridgehead atoms. The molecule has 2 aromatic carbocycles. The van der Waals surface area contributed by atoms with E-state index in [0.717, 1.165) is 16.9 Å². The van der Waals surface area contributed by atoms with Crippen LogP contribution in [0.3, 0.4) is 0 Å². The Bertz CT molecular complexity index is 635. The van der Waals surface area contributed by atoms with Crippen LogP contribution >= 0.6 is 0 Å². The molecule has 2 aromatic rings. The summed E-state index contributed by atoms with van der Waals surface area (Å²) in [4.78, 5) is 2.10. The Kier molecular flexibility index (Phi) is 4.53. The summed E-state index contributed by atoms with van der Waals surface area (Å²) in [5.74, 6) is 0.708. The van der Waals surface area contributed by atoms with Gasteiger partial charge in [-0.3, -0.25) is 0 Å². The molecule has 3 nitrogen and oxygen atoms in total. The first kappa shape index (κ1) is 15.4. The lowest BCUT2D eigenvalue weighted by molar-refractivity contribution is 0.195. The summed E-state index contributed by atoms with van der Waals surface area (Å²) >= 11 is 0. The normalized spacial score (nSPS) is 12.1. The Morgan fingerprint density at radius 2 is 1.81 bits per heavy atom. The van der Waals surface area contributed by atoms with Gasteiger partial charge in [-0.15, -0.1) is 0 Å². The van der Waals surface area contributed by atoms with Crippen LogP contribution in [0, 0.1) is 13.8 Å². The lowest BCUT2D eigenvalue weighted by atomic mass is 10.0. The van der Waals surface area contributed by atoms with Crippen molar-refractivity contribution in [2.75, 3.05) is 19.1 Å². The second-order valence-corrected chi connectivity index (χ2v) is 5.42. The van der Waals surface area contributed by atoms with E-state index in [1.165, 1.54) is 11.1 Å². The van der Waals surface area contributed by atoms with Crippen molar-refractivity contribution in [3.8, 4) is 5.75 Å². The summed E-state index contributed by atoms with van der Waals surface area (Å²) in [5, 5.41) is 10.1. The lowest BCUT2D eigenvalue weighted by Crippen LogP contribution is -2.14. The zero-order valence-corrected chi connectivity index (χ0v) is 13.3. The fraction of sp³-hybridized carbons (Fsp3) is 0.333. The molecule has 0 heterocycles. The number of anilines is 2. The van der Waals surface area contributed by atoms with Gasteiger partial charge in [-0.25, -0.2) is 0 Å². The minimum absolute atomic E-state index is 0.593. The minimum atomic E-state index is -0.593. The summed E-state index contributed by atoms with van der Waals surface area (Å²) in [7, 11) is 3.64. The number of rotatable bonds is 4. The third-order valence-electron chi connectivity index (χ3n) is 3.76. The number of hydrogen-bond acceptors (Lipinski definition) is 3. The third kappa shape index (κ3) is 3.03. The molecular weight excluding hydrogens is 262 g/mol. The van der Waals surface area contributed by atoms with Gasteiger partial charge in [-0.1, -0.05) is 23.8 Å². The molecule has 0 aromatic heterocycles. The van der Waals surface area contributed by atoms with Crippen LogP contribution in [-0.4, -0.2) is 19.3 Å². The predicted molar refractivity (Wildman–Crippen MR) is 87.6 cm³/mol. The van der Waals surface area contributed by atoms with E-state index >= 15 is 0 Å². The van der Waals surface area contributed by atoms with Crippen LogP contribution in [0.1, 0.15) is 29.7 Å². The zero-order valence-electron chi connectivity index (χ0n) is 13.3. The van der Waals surface area contributed by atoms with Gasteiger partial charge in [-0.05, 0) is 44.5 Å². The highest BCUT2D eigenvalue weighted by atomic mass is 16.5. The maximum Gasteiger partial charge on any atom is 0.126 e. The number of ether oxygens (including phenoxy) is 1. The third-order valence-corrected chi connectivity index (χ3v) is 3.76. The van der Waals surface area contributed by atoms with Gasteiger partial charge in [0, 0.05) is 18.3 Å². The van der Waals surface area contributed by atoms with Crippen LogP contribution < -0.4 is 9.64 Å². The van der Waals surface area contributed by atoms with Crippen molar-refractivity contribution in [2.24, 2.45) is 0 Å². The maximum atomic E-state index is 10.1. The molecule has 0 fully saturated rings. The van der Waals surface area contributed by atoms with Crippen molar-refractivity contribution in [3.05, 3.63) is 53.1 Å². The number of methoxy groups -OCH3 is 1. The first-order chi connectivity index (χ1) is 9.95. The molecule has 1 N–H and O–H groups in total. The summed E-state index contributed by atoms with van der Waals surface area (Å²) in [6.07, 6.45) is -0.593. The standard InChI is InChI=1S/C18H23NO2/c1-12-9-10-15(13(2)11-12)19(4)16-7-6-8-17(21-5)18(16)14(3)20/h6-11,14,20H,1-5H3. The first-order valence-corrected chi connectivity index (χ1v) is 7.11. The summed E-state index contributed by atoms with van der Waals surface area (Å²) in [5.41, 5.74) is 5.33. The van der Waals surface area contributed by atoms with Crippen LogP contribution in [0.2, 0.25) is 0 Å². The van der Waals surface area contributed by atoms with E-state index in [9.17, 15) is 5.11 Å². The van der Waals surface area contributed by atoms with Crippen LogP contribution in [-0.2, 0) is 0 Å². The molecular formula is C18H23NO2. The second kappa shape index (κ2) is 6.19. The van der Waals surface area contributed by atoms with Crippen molar-refractivity contribution in [3.63, 3.8) is 0 Å². The van der Waals surface area contributed by atoms with Gasteiger partial charge in [0.15, 0.2) is 0 Å². The number of aliphatic hydroxyl groups is 1. The van der Waals surface area contributed by atoms with Crippen LogP contribution in [0.5, 0.6) is 5.75 Å². The van der Waals surface area contributed by atoms with Crippen molar-refractivity contribution in [1.29, 1.82) is 0 Å². The summed E-state index contributed by atoms with van der Waals surface area (Å²) < 4.78 is 5.40. The molecule has 0 amide bonds. The molecule has 0 spiro atoms. The lowest BCUT2D eigenvalue weighted by Gasteiger charge is -2.26. The van der Waals surface area contributed by atoms with Gasteiger partial charge in [-0.2, -0.15) is 0 Å². The Hall–Kier alpha value is -2.00. The Morgan fingerprint density at radius 1 is 1.10 bits per heavy atom. The fourth-order valence-electron chi connectivity index (χ4n) is 2.73. The van der Waals surface area contributed by atoms with Gasteiger partial charge >= 0.3 is 0 Å². The molecule has 112 valence electrons. The molecule has 21 heavy (non-hydrogen) atoms. The van der Waals surface area contributed by atoms with Crippen molar-refractivity contribution < 1.29 is 9.84 Å². The topological polar surface area (TPSA) is 32.7 Å². The van der Waals surface area contributed by atoms with Crippen LogP contribution in [0.15, 0.2) is 36.4 Å². The quantitative estimate of drug-likeness (QED) is 0.916. The largest absolute Gasteiger partial charge is 0.496 e. The van der Waals surface area contributed by atoms with E-state index in [0.29, 0.717) is 5.75 Å². The number of aryl methyl sites for hydroxylation is 2. The average Bonchev–Trinajstić information content (AvgIpc) is 2.45. The van der Waals surface area contributed by atoms with Gasteiger partial charge < -0.3 is 14.7 Å². The number of benzene rings is 2. The van der Waals surface area contributed by atoms with E-state index < -0.39 is 6.10 Å². The highest BCUT2D eigenvalue weighted by molar-refractivity contribution is 5.71. The second-order valence-electron chi connectivity index (χ2n) is 5.42. The van der Waals surface area contributed by atoms with Gasteiger partial charge in [0.25, 0.3) is 0 Å². The average molecular weight is 285 g/mol. The van der Waals surface area contributed by atoms with Crippen molar-refractivity contribution >= 4 is 11.4 Å². The fourth-order valence-corrected chi connectivity index (χ4v) is 2.73. The molecule has 0 saturated carbocycles. The van der Waals surface area contributed by atoms with Crippen molar-refractivity contribution in [1.82, 2.24) is 0 Å². The van der Waals surface area contributed by atoms with Gasteiger partial charge in [0.05, 0.1) is 18.9 Å². The monoisotopic (exact) mass is 285 g/mol. The molecule has 0 aliphatic rings. The molecule has 1 unspecified atom stereocenters. The van der Waals surface area contributed by atoms with E-state index in [1.807, 2.05) is 25.2 Å². The predicted octanol–water partition coefficient (Wildman–Crippen LogP) is 4.13. The highest BCUT2D eigenvalue weighted by Gasteiger charge is 2.18. The van der Waals surface area contributed by atoms with Crippen LogP contribution in [0.25, 0.3) is 0 Å². The molecule has 0 radical (unpaired) electrons. The van der Waals surface area contributed by atoms with E-state index in [1.54, 1.807) is 14.0 Å². The highest BCUT2D eigenvalue weighted by Crippen LogP contribution is 2.37. The van der Waals surface area contributed by atoms with E-state index in [2.05, 4.69) is 36.9 Å². The zero-order chi connectivity index (χ0) is 15.6. The summed E-state index contributed by atoms with van der Waals surface area (Å²) in [6.45, 7) is 5.95. The van der Waals surface area contributed by atoms with Gasteiger partial charge in [0.2, 0.25) is 0 Å². The SMILES string of the molecule is COc1cccc(N(C)c2ccc(C)cc2C)c1C(C)O. The maximum absolute atomic E-state index is 10.1. The Morgan fingerprint density at radius 3 is 2.38 bits per heavy atom. The Balaban J connectivity index is 2.55. The molecule has 0 saturated heterocycles.